The fraction of sp³-hybridized carbons (Fsp3) is 0.571. The highest BCUT2D eigenvalue weighted by molar-refractivity contribution is 5.27. The quantitative estimate of drug-likeness (QED) is 0.871. The number of aliphatic hydroxyl groups is 1. The van der Waals surface area contributed by atoms with Gasteiger partial charge in [-0.25, -0.2) is 0 Å². The molecule has 1 N–H and O–H groups in total. The van der Waals surface area contributed by atoms with Crippen LogP contribution in [0, 0.1) is 6.92 Å². The van der Waals surface area contributed by atoms with E-state index in [1.165, 1.54) is 5.56 Å². The fourth-order valence-electron chi connectivity index (χ4n) is 2.21. The number of ether oxygens (including phenoxy) is 2. The van der Waals surface area contributed by atoms with Crippen LogP contribution in [0.1, 0.15) is 30.1 Å². The van der Waals surface area contributed by atoms with Gasteiger partial charge in [-0.3, -0.25) is 0 Å². The average Bonchev–Trinajstić information content (AvgIpc) is 2.38. The first-order chi connectivity index (χ1) is 8.31. The summed E-state index contributed by atoms with van der Waals surface area (Å²) in [5, 5.41) is 9.48. The van der Waals surface area contributed by atoms with E-state index in [1.54, 1.807) is 0 Å². The molecule has 1 saturated heterocycles. The van der Waals surface area contributed by atoms with Crippen LogP contribution in [-0.4, -0.2) is 31.0 Å². The lowest BCUT2D eigenvalue weighted by atomic mass is 10.0. The summed E-state index contributed by atoms with van der Waals surface area (Å²) in [6.45, 7) is 3.60. The van der Waals surface area contributed by atoms with Gasteiger partial charge in [0.2, 0.25) is 0 Å². The summed E-state index contributed by atoms with van der Waals surface area (Å²) in [4.78, 5) is 0. The van der Waals surface area contributed by atoms with E-state index in [4.69, 9.17) is 9.47 Å². The van der Waals surface area contributed by atoms with Gasteiger partial charge in [-0.15, -0.1) is 0 Å². The van der Waals surface area contributed by atoms with E-state index in [0.717, 1.165) is 31.6 Å². The molecule has 0 aliphatic carbocycles. The Kier molecular flexibility index (Phi) is 4.54. The van der Waals surface area contributed by atoms with E-state index in [1.807, 2.05) is 31.2 Å². The van der Waals surface area contributed by atoms with Crippen LogP contribution in [0.3, 0.4) is 0 Å². The highest BCUT2D eigenvalue weighted by Gasteiger charge is 2.21. The van der Waals surface area contributed by atoms with Crippen LogP contribution >= 0.6 is 0 Å². The maximum Gasteiger partial charge on any atom is 0.106 e. The summed E-state index contributed by atoms with van der Waals surface area (Å²) in [5.41, 5.74) is 2.25. The average molecular weight is 236 g/mol. The molecule has 1 aromatic rings. The Balaban J connectivity index is 2.03. The van der Waals surface area contributed by atoms with Crippen LogP contribution in [0.2, 0.25) is 0 Å². The molecule has 3 nitrogen and oxygen atoms in total. The minimum atomic E-state index is -0.209. The van der Waals surface area contributed by atoms with Gasteiger partial charge in [-0.05, 0) is 30.9 Å². The van der Waals surface area contributed by atoms with Crippen LogP contribution in [0.4, 0.5) is 0 Å². The number of aliphatic hydroxyl groups excluding tert-OH is 1. The molecule has 1 aromatic carbocycles. The Morgan fingerprint density at radius 1 is 1.35 bits per heavy atom. The molecule has 0 spiro atoms. The number of benzene rings is 1. The predicted octanol–water partition coefficient (Wildman–Crippen LogP) is 2.22. The summed E-state index contributed by atoms with van der Waals surface area (Å²) in [6.07, 6.45) is 1.84. The minimum Gasteiger partial charge on any atom is -0.393 e. The maximum absolute atomic E-state index is 9.48. The van der Waals surface area contributed by atoms with Crippen molar-refractivity contribution in [1.82, 2.24) is 0 Å². The molecular formula is C14H20O3. The highest BCUT2D eigenvalue weighted by atomic mass is 16.5. The SMILES string of the molecule is Cc1ccccc1C(CO)OC1CCOCC1. The molecule has 2 rings (SSSR count). The second-order valence-electron chi connectivity index (χ2n) is 4.48. The standard InChI is InChI=1S/C14H20O3/c1-11-4-2-3-5-13(11)14(10-15)17-12-6-8-16-9-7-12/h2-5,12,14-15H,6-10H2,1H3. The molecule has 1 fully saturated rings. The van der Waals surface area contributed by atoms with E-state index in [-0.39, 0.29) is 18.8 Å². The molecule has 1 aliphatic rings. The molecule has 0 radical (unpaired) electrons. The van der Waals surface area contributed by atoms with E-state index in [2.05, 4.69) is 0 Å². The van der Waals surface area contributed by atoms with Crippen LogP contribution in [0.5, 0.6) is 0 Å². The van der Waals surface area contributed by atoms with Gasteiger partial charge in [0.15, 0.2) is 0 Å². The number of rotatable bonds is 4. The lowest BCUT2D eigenvalue weighted by Crippen LogP contribution is -2.26. The lowest BCUT2D eigenvalue weighted by molar-refractivity contribution is -0.0850. The molecule has 1 atom stereocenters. The summed E-state index contributed by atoms with van der Waals surface area (Å²) < 4.78 is 11.3. The molecule has 17 heavy (non-hydrogen) atoms. The van der Waals surface area contributed by atoms with Crippen LogP contribution in [-0.2, 0) is 9.47 Å². The lowest BCUT2D eigenvalue weighted by Gasteiger charge is -2.27. The van der Waals surface area contributed by atoms with E-state index >= 15 is 0 Å². The molecular weight excluding hydrogens is 216 g/mol. The summed E-state index contributed by atoms with van der Waals surface area (Å²) in [6, 6.07) is 8.06. The maximum atomic E-state index is 9.48. The smallest absolute Gasteiger partial charge is 0.106 e. The molecule has 0 saturated carbocycles. The van der Waals surface area contributed by atoms with Gasteiger partial charge in [0.25, 0.3) is 0 Å². The van der Waals surface area contributed by atoms with Gasteiger partial charge in [0, 0.05) is 13.2 Å². The monoisotopic (exact) mass is 236 g/mol. The van der Waals surface area contributed by atoms with Crippen molar-refractivity contribution in [3.8, 4) is 0 Å². The Hall–Kier alpha value is -0.900. The van der Waals surface area contributed by atoms with Crippen molar-refractivity contribution in [1.29, 1.82) is 0 Å². The summed E-state index contributed by atoms with van der Waals surface area (Å²) in [5.74, 6) is 0. The van der Waals surface area contributed by atoms with Gasteiger partial charge in [0.05, 0.1) is 12.7 Å². The second kappa shape index (κ2) is 6.15. The topological polar surface area (TPSA) is 38.7 Å². The molecule has 1 aliphatic heterocycles. The number of hydrogen-bond donors (Lipinski definition) is 1. The largest absolute Gasteiger partial charge is 0.393 e. The number of aryl methyl sites for hydroxylation is 1. The van der Waals surface area contributed by atoms with Crippen molar-refractivity contribution in [2.24, 2.45) is 0 Å². The summed E-state index contributed by atoms with van der Waals surface area (Å²) >= 11 is 0. The van der Waals surface area contributed by atoms with Crippen molar-refractivity contribution in [2.45, 2.75) is 32.0 Å². The van der Waals surface area contributed by atoms with E-state index in [9.17, 15) is 5.11 Å². The zero-order chi connectivity index (χ0) is 12.1. The van der Waals surface area contributed by atoms with Crippen LogP contribution in [0.15, 0.2) is 24.3 Å². The zero-order valence-corrected chi connectivity index (χ0v) is 10.3. The Morgan fingerprint density at radius 3 is 2.71 bits per heavy atom. The van der Waals surface area contributed by atoms with Crippen molar-refractivity contribution >= 4 is 0 Å². The van der Waals surface area contributed by atoms with Crippen molar-refractivity contribution in [2.75, 3.05) is 19.8 Å². The third kappa shape index (κ3) is 3.28. The minimum absolute atomic E-state index is 0.0300. The van der Waals surface area contributed by atoms with Crippen LogP contribution in [0.25, 0.3) is 0 Å². The highest BCUT2D eigenvalue weighted by Crippen LogP contribution is 2.25. The van der Waals surface area contributed by atoms with E-state index < -0.39 is 0 Å². The van der Waals surface area contributed by atoms with Gasteiger partial charge in [-0.1, -0.05) is 24.3 Å². The zero-order valence-electron chi connectivity index (χ0n) is 10.3. The van der Waals surface area contributed by atoms with Gasteiger partial charge >= 0.3 is 0 Å². The van der Waals surface area contributed by atoms with E-state index in [0.29, 0.717) is 0 Å². The van der Waals surface area contributed by atoms with Gasteiger partial charge in [-0.2, -0.15) is 0 Å². The predicted molar refractivity (Wildman–Crippen MR) is 65.9 cm³/mol. The second-order valence-corrected chi connectivity index (χ2v) is 4.48. The molecule has 1 unspecified atom stereocenters. The molecule has 1 heterocycles. The Morgan fingerprint density at radius 2 is 2.06 bits per heavy atom. The fourth-order valence-corrected chi connectivity index (χ4v) is 2.21. The van der Waals surface area contributed by atoms with Crippen LogP contribution < -0.4 is 0 Å². The number of hydrogen-bond acceptors (Lipinski definition) is 3. The summed E-state index contributed by atoms with van der Waals surface area (Å²) in [7, 11) is 0. The van der Waals surface area contributed by atoms with Crippen molar-refractivity contribution in [3.05, 3.63) is 35.4 Å². The normalized spacial score (nSPS) is 19.2. The Bertz CT molecular complexity index is 345. The molecule has 3 heteroatoms. The third-order valence-corrected chi connectivity index (χ3v) is 3.23. The Labute approximate surface area is 102 Å². The first-order valence-corrected chi connectivity index (χ1v) is 6.21. The molecule has 94 valence electrons. The third-order valence-electron chi connectivity index (χ3n) is 3.23. The van der Waals surface area contributed by atoms with Crippen molar-refractivity contribution < 1.29 is 14.6 Å². The van der Waals surface area contributed by atoms with Crippen molar-refractivity contribution in [3.63, 3.8) is 0 Å². The first-order valence-electron chi connectivity index (χ1n) is 6.21. The molecule has 0 amide bonds. The molecule has 0 bridgehead atoms. The van der Waals surface area contributed by atoms with Gasteiger partial charge < -0.3 is 14.6 Å². The molecule has 0 aromatic heterocycles. The van der Waals surface area contributed by atoms with Gasteiger partial charge in [0.1, 0.15) is 6.10 Å². The first kappa shape index (κ1) is 12.6.